The number of phenolic OH excluding ortho intramolecular Hbond substituents is 1. The number of rotatable bonds is 2. The van der Waals surface area contributed by atoms with Crippen molar-refractivity contribution >= 4 is 28.8 Å². The molecule has 3 nitrogen and oxygen atoms in total. The summed E-state index contributed by atoms with van der Waals surface area (Å²) in [4.78, 5) is 9.21. The SMILES string of the molecule is CC(=[OH+])c1ccc(C)c(OI)c1O. The van der Waals surface area contributed by atoms with E-state index >= 15 is 0 Å². The number of benzene rings is 1. The van der Waals surface area contributed by atoms with Crippen molar-refractivity contribution in [1.29, 1.82) is 0 Å². The van der Waals surface area contributed by atoms with E-state index in [2.05, 4.69) is 0 Å². The summed E-state index contributed by atoms with van der Waals surface area (Å²) in [5.74, 6) is 0.452. The molecule has 0 aromatic heterocycles. The van der Waals surface area contributed by atoms with Gasteiger partial charge in [0.15, 0.2) is 34.5 Å². The van der Waals surface area contributed by atoms with Crippen molar-refractivity contribution in [2.75, 3.05) is 0 Å². The molecule has 0 spiro atoms. The molecule has 0 fully saturated rings. The monoisotopic (exact) mass is 293 g/mol. The number of aromatic hydroxyl groups is 1. The highest BCUT2D eigenvalue weighted by atomic mass is 127. The molecule has 0 saturated carbocycles. The predicted octanol–water partition coefficient (Wildman–Crippen LogP) is 2.34. The van der Waals surface area contributed by atoms with E-state index < -0.39 is 0 Å². The van der Waals surface area contributed by atoms with E-state index in [1.54, 1.807) is 35.1 Å². The minimum atomic E-state index is -0.0191. The van der Waals surface area contributed by atoms with Gasteiger partial charge in [0, 0.05) is 0 Å². The van der Waals surface area contributed by atoms with Crippen LogP contribution in [0, 0.1) is 6.92 Å². The maximum atomic E-state index is 9.63. The quantitative estimate of drug-likeness (QED) is 0.517. The molecular formula is C9H10IO3+. The van der Waals surface area contributed by atoms with Gasteiger partial charge in [-0.3, -0.25) is 4.79 Å². The normalized spacial score (nSPS) is 9.77. The molecule has 0 saturated heterocycles. The molecule has 1 aromatic carbocycles. The van der Waals surface area contributed by atoms with Gasteiger partial charge in [0.05, 0.1) is 6.92 Å². The van der Waals surface area contributed by atoms with Crippen molar-refractivity contribution in [2.24, 2.45) is 0 Å². The molecule has 0 aliphatic heterocycles. The fraction of sp³-hybridized carbons (Fsp3) is 0.222. The fourth-order valence-electron chi connectivity index (χ4n) is 1.06. The van der Waals surface area contributed by atoms with Gasteiger partial charge in [-0.1, -0.05) is 6.07 Å². The summed E-state index contributed by atoms with van der Waals surface area (Å²) in [6.07, 6.45) is 0. The molecule has 0 amide bonds. The Morgan fingerprint density at radius 2 is 2.15 bits per heavy atom. The molecule has 0 aliphatic rings. The topological polar surface area (TPSA) is 50.9 Å². The summed E-state index contributed by atoms with van der Waals surface area (Å²) in [5.41, 5.74) is 1.23. The van der Waals surface area contributed by atoms with Gasteiger partial charge in [-0.05, 0) is 18.6 Å². The van der Waals surface area contributed by atoms with Crippen molar-refractivity contribution < 1.29 is 13.0 Å². The molecule has 1 rings (SSSR count). The zero-order chi connectivity index (χ0) is 10.0. The third-order valence-corrected chi connectivity index (χ3v) is 2.24. The number of aryl methyl sites for hydroxylation is 1. The molecule has 0 atom stereocenters. The van der Waals surface area contributed by atoms with Crippen molar-refractivity contribution in [3.05, 3.63) is 23.3 Å². The van der Waals surface area contributed by atoms with Gasteiger partial charge in [-0.15, -0.1) is 0 Å². The first-order valence-corrected chi connectivity index (χ1v) is 4.60. The Morgan fingerprint density at radius 1 is 1.54 bits per heavy atom. The van der Waals surface area contributed by atoms with Crippen LogP contribution in [0.3, 0.4) is 0 Å². The van der Waals surface area contributed by atoms with Gasteiger partial charge in [0.2, 0.25) is 0 Å². The van der Waals surface area contributed by atoms with E-state index in [4.69, 9.17) is 3.07 Å². The van der Waals surface area contributed by atoms with E-state index in [-0.39, 0.29) is 11.5 Å². The molecule has 1 aromatic rings. The van der Waals surface area contributed by atoms with Crippen LogP contribution in [0.15, 0.2) is 12.1 Å². The van der Waals surface area contributed by atoms with E-state index in [9.17, 15) is 9.90 Å². The number of ketones is 1. The molecule has 0 bridgehead atoms. The van der Waals surface area contributed by atoms with Crippen molar-refractivity contribution in [1.82, 2.24) is 0 Å². The van der Waals surface area contributed by atoms with Gasteiger partial charge in [-0.25, -0.2) is 0 Å². The highest BCUT2D eigenvalue weighted by Gasteiger charge is 2.17. The lowest BCUT2D eigenvalue weighted by molar-refractivity contribution is 0.453. The summed E-state index contributed by atoms with van der Waals surface area (Å²) in [5, 5.41) is 9.63. The summed E-state index contributed by atoms with van der Waals surface area (Å²) in [6, 6.07) is 3.43. The first-order chi connectivity index (χ1) is 6.07. The molecular weight excluding hydrogens is 283 g/mol. The second-order valence-electron chi connectivity index (χ2n) is 2.77. The number of hydrogen-bond acceptors (Lipinski definition) is 2. The first-order valence-electron chi connectivity index (χ1n) is 3.72. The third kappa shape index (κ3) is 1.93. The second kappa shape index (κ2) is 3.95. The van der Waals surface area contributed by atoms with Crippen molar-refractivity contribution in [2.45, 2.75) is 13.8 Å². The Kier molecular flexibility index (Phi) is 3.13. The Bertz CT molecular complexity index is 347. The first kappa shape index (κ1) is 10.3. The molecule has 0 heterocycles. The summed E-state index contributed by atoms with van der Waals surface area (Å²) in [6.45, 7) is 3.34. The molecule has 0 radical (unpaired) electrons. The maximum Gasteiger partial charge on any atom is 0.324 e. The number of hydrogen-bond donors (Lipinski definition) is 1. The minimum Gasteiger partial charge on any atom is -0.504 e. The van der Waals surface area contributed by atoms with Crippen LogP contribution in [0.2, 0.25) is 0 Å². The van der Waals surface area contributed by atoms with Crippen molar-refractivity contribution in [3.63, 3.8) is 0 Å². The highest BCUT2D eigenvalue weighted by Crippen LogP contribution is 2.34. The summed E-state index contributed by atoms with van der Waals surface area (Å²) < 4.78 is 4.96. The minimum absolute atomic E-state index is 0.0191. The average molecular weight is 293 g/mol. The Morgan fingerprint density at radius 3 is 2.62 bits per heavy atom. The Labute approximate surface area is 90.4 Å². The van der Waals surface area contributed by atoms with Gasteiger partial charge < -0.3 is 8.17 Å². The van der Waals surface area contributed by atoms with Crippen LogP contribution in [0.1, 0.15) is 18.1 Å². The molecule has 70 valence electrons. The van der Waals surface area contributed by atoms with Gasteiger partial charge in [-0.2, -0.15) is 0 Å². The van der Waals surface area contributed by atoms with Crippen LogP contribution in [0.5, 0.6) is 11.5 Å². The lowest BCUT2D eigenvalue weighted by Gasteiger charge is -2.05. The molecule has 2 N–H and O–H groups in total. The van der Waals surface area contributed by atoms with Crippen LogP contribution in [0.4, 0.5) is 0 Å². The van der Waals surface area contributed by atoms with Crippen LogP contribution in [-0.2, 0) is 0 Å². The smallest absolute Gasteiger partial charge is 0.324 e. The largest absolute Gasteiger partial charge is 0.504 e. The molecule has 4 heteroatoms. The van der Waals surface area contributed by atoms with Gasteiger partial charge in [0.1, 0.15) is 5.56 Å². The molecule has 0 aliphatic carbocycles. The van der Waals surface area contributed by atoms with Crippen LogP contribution in [0.25, 0.3) is 0 Å². The number of carbonyl (C=O) groups excluding carboxylic acids is 1. The molecule has 0 unspecified atom stereocenters. The average Bonchev–Trinajstić information content (AvgIpc) is 2.04. The van der Waals surface area contributed by atoms with Crippen molar-refractivity contribution in [3.8, 4) is 11.5 Å². The van der Waals surface area contributed by atoms with Crippen LogP contribution in [-0.4, -0.2) is 15.7 Å². The lowest BCUT2D eigenvalue weighted by atomic mass is 10.1. The Hall–Kier alpha value is -0.780. The standard InChI is InChI=1S/C9H9IO3/c1-5-3-4-7(6(2)11)8(12)9(5)13-10/h3-4,12H,1-2H3/p+1. The van der Waals surface area contributed by atoms with Gasteiger partial charge >= 0.3 is 5.78 Å². The zero-order valence-electron chi connectivity index (χ0n) is 7.34. The number of halogens is 1. The fourth-order valence-corrected chi connectivity index (χ4v) is 1.62. The van der Waals surface area contributed by atoms with E-state index in [0.717, 1.165) is 5.56 Å². The third-order valence-electron chi connectivity index (χ3n) is 1.80. The maximum absolute atomic E-state index is 9.63. The predicted molar refractivity (Wildman–Crippen MR) is 59.2 cm³/mol. The summed E-state index contributed by atoms with van der Waals surface area (Å²) in [7, 11) is 0. The van der Waals surface area contributed by atoms with E-state index in [1.807, 2.05) is 6.92 Å². The van der Waals surface area contributed by atoms with Crippen LogP contribution >= 0.6 is 23.0 Å². The highest BCUT2D eigenvalue weighted by molar-refractivity contribution is 14.1. The van der Waals surface area contributed by atoms with E-state index in [0.29, 0.717) is 11.3 Å². The number of phenols is 1. The summed E-state index contributed by atoms with van der Waals surface area (Å²) >= 11 is 1.69. The zero-order valence-corrected chi connectivity index (χ0v) is 9.49. The van der Waals surface area contributed by atoms with E-state index in [1.165, 1.54) is 6.92 Å². The second-order valence-corrected chi connectivity index (χ2v) is 3.21. The lowest BCUT2D eigenvalue weighted by Crippen LogP contribution is -1.96. The Balaban J connectivity index is 3.35. The molecule has 13 heavy (non-hydrogen) atoms. The van der Waals surface area contributed by atoms with Crippen LogP contribution < -0.4 is 3.07 Å². The van der Waals surface area contributed by atoms with Gasteiger partial charge in [0.25, 0.3) is 0 Å².